The van der Waals surface area contributed by atoms with Gasteiger partial charge in [-0.2, -0.15) is 0 Å². The maximum atomic E-state index is 5.59. The molecule has 0 N–H and O–H groups in total. The van der Waals surface area contributed by atoms with Crippen LogP contribution < -0.4 is 0 Å². The Morgan fingerprint density at radius 3 is 2.48 bits per heavy atom. The third kappa shape index (κ3) is 4.33. The minimum Gasteiger partial charge on any atom is -0.391 e. The van der Waals surface area contributed by atoms with Gasteiger partial charge in [-0.25, -0.2) is 0 Å². The van der Waals surface area contributed by atoms with E-state index in [9.17, 15) is 0 Å². The Bertz CT molecular complexity index is 492. The normalized spacial score (nSPS) is 29.2. The quantitative estimate of drug-likeness (QED) is 0.534. The molecule has 0 amide bonds. The molecule has 1 aromatic rings. The molecule has 1 aromatic carbocycles. The van der Waals surface area contributed by atoms with E-state index < -0.39 is 0 Å². The fraction of sp³-hybridized carbons (Fsp3) is 0.632. The van der Waals surface area contributed by atoms with Crippen molar-refractivity contribution < 1.29 is 4.84 Å². The van der Waals surface area contributed by atoms with Crippen LogP contribution in [-0.4, -0.2) is 5.71 Å². The Morgan fingerprint density at radius 1 is 1.19 bits per heavy atom. The van der Waals surface area contributed by atoms with Gasteiger partial charge in [0.05, 0.1) is 5.71 Å². The van der Waals surface area contributed by atoms with Crippen LogP contribution in [0, 0.1) is 16.7 Å². The molecule has 0 aliphatic heterocycles. The van der Waals surface area contributed by atoms with Crippen LogP contribution in [0.3, 0.4) is 0 Å². The standard InChI is InChI=1S/C19H29NO/c1-15-11-18(3,4)14-19(5,12-15)16(2)20-21-13-17-9-7-6-8-10-17/h6-10,15H,11-14H2,1-5H3/b20-16+. The van der Waals surface area contributed by atoms with Gasteiger partial charge in [0.25, 0.3) is 0 Å². The molecule has 2 heteroatoms. The fourth-order valence-electron chi connectivity index (χ4n) is 4.15. The Labute approximate surface area is 129 Å². The molecule has 0 saturated heterocycles. The van der Waals surface area contributed by atoms with Gasteiger partial charge in [-0.15, -0.1) is 0 Å². The largest absolute Gasteiger partial charge is 0.391 e. The number of hydrogen-bond donors (Lipinski definition) is 0. The van der Waals surface area contributed by atoms with Gasteiger partial charge in [0, 0.05) is 5.41 Å². The summed E-state index contributed by atoms with van der Waals surface area (Å²) in [5.41, 5.74) is 2.86. The lowest BCUT2D eigenvalue weighted by molar-refractivity contribution is 0.0932. The Hall–Kier alpha value is -1.31. The molecule has 21 heavy (non-hydrogen) atoms. The second kappa shape index (κ2) is 6.21. The summed E-state index contributed by atoms with van der Waals surface area (Å²) >= 11 is 0. The van der Waals surface area contributed by atoms with Gasteiger partial charge in [0.2, 0.25) is 0 Å². The Balaban J connectivity index is 2.00. The van der Waals surface area contributed by atoms with Gasteiger partial charge in [0.15, 0.2) is 0 Å². The van der Waals surface area contributed by atoms with Gasteiger partial charge < -0.3 is 4.84 Å². The summed E-state index contributed by atoms with van der Waals surface area (Å²) in [7, 11) is 0. The van der Waals surface area contributed by atoms with Gasteiger partial charge in [-0.1, -0.05) is 63.2 Å². The van der Waals surface area contributed by atoms with E-state index in [1.54, 1.807) is 0 Å². The van der Waals surface area contributed by atoms with E-state index >= 15 is 0 Å². The van der Waals surface area contributed by atoms with Crippen LogP contribution in [0.5, 0.6) is 0 Å². The average molecular weight is 287 g/mol. The van der Waals surface area contributed by atoms with Crippen LogP contribution in [0.25, 0.3) is 0 Å². The van der Waals surface area contributed by atoms with E-state index in [2.05, 4.69) is 51.9 Å². The van der Waals surface area contributed by atoms with Crippen molar-refractivity contribution in [2.24, 2.45) is 21.9 Å². The van der Waals surface area contributed by atoms with Gasteiger partial charge in [0.1, 0.15) is 6.61 Å². The van der Waals surface area contributed by atoms with Crippen LogP contribution in [0.2, 0.25) is 0 Å². The van der Waals surface area contributed by atoms with E-state index in [4.69, 9.17) is 4.84 Å². The molecule has 0 spiro atoms. The highest BCUT2D eigenvalue weighted by Gasteiger charge is 2.41. The van der Waals surface area contributed by atoms with Crippen molar-refractivity contribution in [3.05, 3.63) is 35.9 Å². The van der Waals surface area contributed by atoms with Crippen molar-refractivity contribution in [2.45, 2.75) is 60.5 Å². The molecule has 2 nitrogen and oxygen atoms in total. The zero-order valence-electron chi connectivity index (χ0n) is 14.1. The van der Waals surface area contributed by atoms with Gasteiger partial charge in [-0.3, -0.25) is 0 Å². The number of nitrogens with zero attached hydrogens (tertiary/aromatic N) is 1. The first-order valence-electron chi connectivity index (χ1n) is 8.02. The fourth-order valence-corrected chi connectivity index (χ4v) is 4.15. The van der Waals surface area contributed by atoms with E-state index in [0.717, 1.165) is 17.2 Å². The zero-order valence-corrected chi connectivity index (χ0v) is 14.1. The number of oxime groups is 1. The maximum Gasteiger partial charge on any atom is 0.142 e. The monoisotopic (exact) mass is 287 g/mol. The number of benzene rings is 1. The number of hydrogen-bond acceptors (Lipinski definition) is 2. The van der Waals surface area contributed by atoms with Crippen LogP contribution in [0.4, 0.5) is 0 Å². The lowest BCUT2D eigenvalue weighted by Gasteiger charge is -2.45. The summed E-state index contributed by atoms with van der Waals surface area (Å²) in [4.78, 5) is 5.59. The first-order valence-corrected chi connectivity index (χ1v) is 8.02. The third-order valence-electron chi connectivity index (χ3n) is 4.72. The molecule has 0 bridgehead atoms. The zero-order chi connectivity index (χ0) is 15.5. The molecular formula is C19H29NO. The molecule has 0 radical (unpaired) electrons. The topological polar surface area (TPSA) is 21.6 Å². The van der Waals surface area contributed by atoms with Crippen molar-refractivity contribution in [3.8, 4) is 0 Å². The molecule has 2 unspecified atom stereocenters. The minimum absolute atomic E-state index is 0.165. The second-order valence-electron chi connectivity index (χ2n) is 7.85. The highest BCUT2D eigenvalue weighted by Crippen LogP contribution is 2.49. The van der Waals surface area contributed by atoms with Crippen LogP contribution in [-0.2, 0) is 11.4 Å². The summed E-state index contributed by atoms with van der Waals surface area (Å²) in [5, 5.41) is 4.43. The molecular weight excluding hydrogens is 258 g/mol. The van der Waals surface area contributed by atoms with E-state index in [1.807, 2.05) is 18.2 Å². The van der Waals surface area contributed by atoms with Crippen molar-refractivity contribution >= 4 is 5.71 Å². The van der Waals surface area contributed by atoms with Crippen molar-refractivity contribution in [1.29, 1.82) is 0 Å². The summed E-state index contributed by atoms with van der Waals surface area (Å²) in [6, 6.07) is 10.2. The summed E-state index contributed by atoms with van der Waals surface area (Å²) in [5.74, 6) is 0.748. The van der Waals surface area contributed by atoms with Crippen molar-refractivity contribution in [3.63, 3.8) is 0 Å². The Morgan fingerprint density at radius 2 is 1.86 bits per heavy atom. The minimum atomic E-state index is 0.165. The van der Waals surface area contributed by atoms with Gasteiger partial charge in [-0.05, 0) is 43.1 Å². The van der Waals surface area contributed by atoms with Crippen LogP contribution in [0.1, 0.15) is 59.4 Å². The molecule has 2 rings (SSSR count). The third-order valence-corrected chi connectivity index (χ3v) is 4.72. The highest BCUT2D eigenvalue weighted by molar-refractivity contribution is 5.87. The lowest BCUT2D eigenvalue weighted by atomic mass is 9.59. The van der Waals surface area contributed by atoms with E-state index in [-0.39, 0.29) is 5.41 Å². The Kier molecular flexibility index (Phi) is 4.75. The molecule has 0 aromatic heterocycles. The predicted octanol–water partition coefficient (Wildman–Crippen LogP) is 5.43. The summed E-state index contributed by atoms with van der Waals surface area (Å²) < 4.78 is 0. The molecule has 1 saturated carbocycles. The maximum absolute atomic E-state index is 5.59. The van der Waals surface area contributed by atoms with Crippen LogP contribution >= 0.6 is 0 Å². The summed E-state index contributed by atoms with van der Waals surface area (Å²) in [6.07, 6.45) is 3.70. The first-order chi connectivity index (χ1) is 9.81. The van der Waals surface area contributed by atoms with Crippen molar-refractivity contribution in [1.82, 2.24) is 0 Å². The van der Waals surface area contributed by atoms with Gasteiger partial charge >= 0.3 is 0 Å². The second-order valence-corrected chi connectivity index (χ2v) is 7.85. The molecule has 0 heterocycles. The highest BCUT2D eigenvalue weighted by atomic mass is 16.6. The molecule has 2 atom stereocenters. The van der Waals surface area contributed by atoms with E-state index in [1.165, 1.54) is 19.3 Å². The molecule has 1 aliphatic rings. The predicted molar refractivity (Wildman–Crippen MR) is 89.2 cm³/mol. The summed E-state index contributed by atoms with van der Waals surface area (Å²) in [6.45, 7) is 12.1. The smallest absolute Gasteiger partial charge is 0.142 e. The molecule has 1 aliphatic carbocycles. The molecule has 1 fully saturated rings. The average Bonchev–Trinajstić information content (AvgIpc) is 2.37. The number of rotatable bonds is 4. The van der Waals surface area contributed by atoms with Crippen LogP contribution in [0.15, 0.2) is 35.5 Å². The van der Waals surface area contributed by atoms with Crippen molar-refractivity contribution in [2.75, 3.05) is 0 Å². The first kappa shape index (κ1) is 16.1. The SMILES string of the molecule is C/C(=N\OCc1ccccc1)C1(C)CC(C)CC(C)(C)C1. The van der Waals surface area contributed by atoms with E-state index in [0.29, 0.717) is 12.0 Å². The lowest BCUT2D eigenvalue weighted by Crippen LogP contribution is -2.39. The molecule has 116 valence electrons.